The highest BCUT2D eigenvalue weighted by Gasteiger charge is 2.54. The lowest BCUT2D eigenvalue weighted by Gasteiger charge is -2.52. The maximum atomic E-state index is 9.89. The summed E-state index contributed by atoms with van der Waals surface area (Å²) >= 11 is 0. The number of aliphatic hydroxyl groups is 1. The van der Waals surface area contributed by atoms with Gasteiger partial charge in [0.2, 0.25) is 0 Å². The van der Waals surface area contributed by atoms with E-state index in [-0.39, 0.29) is 12.5 Å². The third-order valence-corrected chi connectivity index (χ3v) is 7.60. The average Bonchev–Trinajstić information content (AvgIpc) is 2.82. The largest absolute Gasteiger partial charge is 0.508 e. The number of rotatable bonds is 1. The van der Waals surface area contributed by atoms with E-state index in [1.165, 1.54) is 36.8 Å². The predicted octanol–water partition coefficient (Wildman–Crippen LogP) is 4.42. The number of aliphatic hydroxyl groups excluding tert-OH is 1. The van der Waals surface area contributed by atoms with Gasteiger partial charge in [0.1, 0.15) is 5.75 Å². The topological polar surface area (TPSA) is 40.5 Å². The average molecular weight is 300 g/mol. The third kappa shape index (κ3) is 1.89. The Hall–Kier alpha value is -1.02. The molecule has 0 radical (unpaired) electrons. The molecule has 3 aliphatic carbocycles. The van der Waals surface area contributed by atoms with Crippen molar-refractivity contribution in [3.63, 3.8) is 0 Å². The summed E-state index contributed by atoms with van der Waals surface area (Å²) in [4.78, 5) is 0. The van der Waals surface area contributed by atoms with Crippen LogP contribution in [0.5, 0.6) is 5.75 Å². The van der Waals surface area contributed by atoms with E-state index >= 15 is 0 Å². The van der Waals surface area contributed by atoms with E-state index in [9.17, 15) is 10.2 Å². The number of benzene rings is 1. The lowest BCUT2D eigenvalue weighted by Crippen LogP contribution is -2.42. The molecule has 1 aromatic carbocycles. The summed E-state index contributed by atoms with van der Waals surface area (Å²) in [6.07, 6.45) is 6.45. The van der Waals surface area contributed by atoms with Crippen molar-refractivity contribution in [3.8, 4) is 5.75 Å². The SMILES string of the molecule is CC1CC[C@H]2[C@@H]3C[C@@H](CO)c4cc(O)ccc4[C@H]3CC[C@]12C. The van der Waals surface area contributed by atoms with Gasteiger partial charge in [-0.2, -0.15) is 0 Å². The first-order chi connectivity index (χ1) is 10.5. The fourth-order valence-electron chi connectivity index (χ4n) is 6.15. The summed E-state index contributed by atoms with van der Waals surface area (Å²) in [5, 5.41) is 19.7. The van der Waals surface area contributed by atoms with Gasteiger partial charge in [-0.15, -0.1) is 0 Å². The van der Waals surface area contributed by atoms with Crippen LogP contribution in [0.3, 0.4) is 0 Å². The molecule has 6 atom stereocenters. The molecule has 2 nitrogen and oxygen atoms in total. The van der Waals surface area contributed by atoms with Crippen LogP contribution in [0.2, 0.25) is 0 Å². The van der Waals surface area contributed by atoms with Gasteiger partial charge in [0, 0.05) is 12.5 Å². The molecule has 2 heteroatoms. The van der Waals surface area contributed by atoms with Gasteiger partial charge in [0.25, 0.3) is 0 Å². The third-order valence-electron chi connectivity index (χ3n) is 7.60. The molecule has 0 aromatic heterocycles. The van der Waals surface area contributed by atoms with E-state index in [1.807, 2.05) is 12.1 Å². The van der Waals surface area contributed by atoms with Crippen LogP contribution >= 0.6 is 0 Å². The molecule has 1 aromatic rings. The first kappa shape index (κ1) is 14.6. The molecule has 0 heterocycles. The van der Waals surface area contributed by atoms with Crippen LogP contribution in [-0.2, 0) is 0 Å². The van der Waals surface area contributed by atoms with E-state index in [4.69, 9.17) is 0 Å². The van der Waals surface area contributed by atoms with Gasteiger partial charge in [-0.3, -0.25) is 0 Å². The lowest BCUT2D eigenvalue weighted by molar-refractivity contribution is 0.0247. The minimum Gasteiger partial charge on any atom is -0.508 e. The highest BCUT2D eigenvalue weighted by molar-refractivity contribution is 5.42. The standard InChI is InChI=1S/C20H28O2/c1-12-3-6-19-18-9-13(11-21)17-10-14(22)4-5-15(17)16(18)7-8-20(12,19)2/h4-5,10,12-13,16,18-19,21-22H,3,6-9,11H2,1-2H3/t12?,13-,16+,18+,19-,20+/m0/s1. The fraction of sp³-hybridized carbons (Fsp3) is 0.700. The summed E-state index contributed by atoms with van der Waals surface area (Å²) in [5.41, 5.74) is 3.13. The van der Waals surface area contributed by atoms with Crippen molar-refractivity contribution in [1.82, 2.24) is 0 Å². The van der Waals surface area contributed by atoms with Crippen LogP contribution in [0.4, 0.5) is 0 Å². The fourth-order valence-corrected chi connectivity index (χ4v) is 6.15. The molecule has 2 saturated carbocycles. The summed E-state index contributed by atoms with van der Waals surface area (Å²) in [7, 11) is 0. The summed E-state index contributed by atoms with van der Waals surface area (Å²) < 4.78 is 0. The second-order valence-electron chi connectivity index (χ2n) is 8.33. The molecule has 2 fully saturated rings. The van der Waals surface area contributed by atoms with E-state index in [1.54, 1.807) is 0 Å². The zero-order valence-corrected chi connectivity index (χ0v) is 13.8. The van der Waals surface area contributed by atoms with Crippen molar-refractivity contribution in [2.24, 2.45) is 23.2 Å². The Morgan fingerprint density at radius 2 is 2.00 bits per heavy atom. The van der Waals surface area contributed by atoms with Crippen LogP contribution in [0.1, 0.15) is 68.9 Å². The van der Waals surface area contributed by atoms with E-state index in [0.717, 1.165) is 24.2 Å². The Labute approximate surface area is 133 Å². The predicted molar refractivity (Wildman–Crippen MR) is 88.0 cm³/mol. The highest BCUT2D eigenvalue weighted by Crippen LogP contribution is 2.64. The number of hydrogen-bond acceptors (Lipinski definition) is 2. The molecule has 0 amide bonds. The number of phenols is 1. The van der Waals surface area contributed by atoms with Gasteiger partial charge in [-0.25, -0.2) is 0 Å². The molecule has 0 bridgehead atoms. The van der Waals surface area contributed by atoms with Crippen LogP contribution in [0.15, 0.2) is 18.2 Å². The Balaban J connectivity index is 1.76. The molecule has 0 spiro atoms. The normalized spacial score (nSPS) is 43.3. The van der Waals surface area contributed by atoms with Crippen molar-refractivity contribution in [2.75, 3.05) is 6.61 Å². The minimum absolute atomic E-state index is 0.207. The van der Waals surface area contributed by atoms with Gasteiger partial charge >= 0.3 is 0 Å². The molecule has 0 saturated heterocycles. The van der Waals surface area contributed by atoms with Crippen molar-refractivity contribution in [3.05, 3.63) is 29.3 Å². The molecule has 2 N–H and O–H groups in total. The second kappa shape index (κ2) is 4.99. The van der Waals surface area contributed by atoms with Crippen LogP contribution in [0, 0.1) is 23.2 Å². The van der Waals surface area contributed by atoms with Crippen molar-refractivity contribution in [1.29, 1.82) is 0 Å². The summed E-state index contributed by atoms with van der Waals surface area (Å²) in [5.74, 6) is 3.57. The monoisotopic (exact) mass is 300 g/mol. The number of aromatic hydroxyl groups is 1. The smallest absolute Gasteiger partial charge is 0.115 e. The quantitative estimate of drug-likeness (QED) is 0.806. The molecule has 4 rings (SSSR count). The van der Waals surface area contributed by atoms with Gasteiger partial charge in [0.15, 0.2) is 0 Å². The first-order valence-electron chi connectivity index (χ1n) is 8.98. The Morgan fingerprint density at radius 3 is 2.77 bits per heavy atom. The van der Waals surface area contributed by atoms with E-state index in [0.29, 0.717) is 17.1 Å². The van der Waals surface area contributed by atoms with Crippen molar-refractivity contribution >= 4 is 0 Å². The molecule has 120 valence electrons. The highest BCUT2D eigenvalue weighted by atomic mass is 16.3. The second-order valence-corrected chi connectivity index (χ2v) is 8.33. The van der Waals surface area contributed by atoms with Crippen LogP contribution in [-0.4, -0.2) is 16.8 Å². The zero-order chi connectivity index (χ0) is 15.5. The number of phenolic OH excluding ortho intramolecular Hbond substituents is 1. The van der Waals surface area contributed by atoms with Gasteiger partial charge < -0.3 is 10.2 Å². The lowest BCUT2D eigenvalue weighted by atomic mass is 9.53. The Morgan fingerprint density at radius 1 is 1.18 bits per heavy atom. The molecule has 3 aliphatic rings. The van der Waals surface area contributed by atoms with Crippen LogP contribution < -0.4 is 0 Å². The maximum absolute atomic E-state index is 9.89. The number of fused-ring (bicyclic) bond motifs is 5. The van der Waals surface area contributed by atoms with Gasteiger partial charge in [0.05, 0.1) is 0 Å². The molecule has 0 aliphatic heterocycles. The maximum Gasteiger partial charge on any atom is 0.115 e. The molecular formula is C20H28O2. The minimum atomic E-state index is 0.207. The summed E-state index contributed by atoms with van der Waals surface area (Å²) in [6, 6.07) is 5.86. The Bertz CT molecular complexity index is 581. The van der Waals surface area contributed by atoms with Crippen molar-refractivity contribution in [2.45, 2.75) is 57.8 Å². The first-order valence-corrected chi connectivity index (χ1v) is 8.98. The molecular weight excluding hydrogens is 272 g/mol. The van der Waals surface area contributed by atoms with Crippen molar-refractivity contribution < 1.29 is 10.2 Å². The van der Waals surface area contributed by atoms with Gasteiger partial charge in [-0.1, -0.05) is 19.9 Å². The molecule has 22 heavy (non-hydrogen) atoms. The zero-order valence-electron chi connectivity index (χ0n) is 13.8. The Kier molecular flexibility index (Phi) is 3.30. The van der Waals surface area contributed by atoms with E-state index in [2.05, 4.69) is 19.9 Å². The van der Waals surface area contributed by atoms with Crippen LogP contribution in [0.25, 0.3) is 0 Å². The van der Waals surface area contributed by atoms with E-state index < -0.39 is 0 Å². The molecule has 1 unspecified atom stereocenters. The number of hydrogen-bond donors (Lipinski definition) is 2. The summed E-state index contributed by atoms with van der Waals surface area (Å²) in [6.45, 7) is 5.17. The van der Waals surface area contributed by atoms with Gasteiger partial charge in [-0.05, 0) is 84.5 Å².